The van der Waals surface area contributed by atoms with Crippen molar-refractivity contribution < 1.29 is 4.79 Å². The van der Waals surface area contributed by atoms with E-state index in [1.807, 2.05) is 42.7 Å². The number of tetrazole rings is 1. The van der Waals surface area contributed by atoms with Crippen LogP contribution in [0.3, 0.4) is 0 Å². The van der Waals surface area contributed by atoms with Crippen LogP contribution in [-0.2, 0) is 4.79 Å². The van der Waals surface area contributed by atoms with Crippen molar-refractivity contribution in [2.24, 2.45) is 0 Å². The topological polar surface area (TPSA) is 72.7 Å². The molecule has 0 radical (unpaired) electrons. The van der Waals surface area contributed by atoms with Crippen LogP contribution in [0.5, 0.6) is 0 Å². The number of hydrogen-bond donors (Lipinski definition) is 1. The molecular weight excluding hydrogens is 358 g/mol. The number of rotatable bonds is 5. The summed E-state index contributed by atoms with van der Waals surface area (Å²) in [6, 6.07) is 14.2. The number of carbonyl (C=O) groups is 1. The van der Waals surface area contributed by atoms with Crippen LogP contribution < -0.4 is 5.32 Å². The molecule has 1 atom stereocenters. The molecule has 0 spiro atoms. The maximum Gasteiger partial charge on any atom is 0.250 e. The fourth-order valence-electron chi connectivity index (χ4n) is 2.19. The minimum absolute atomic E-state index is 0.207. The zero-order valence-electron chi connectivity index (χ0n) is 13.7. The van der Waals surface area contributed by atoms with Crippen LogP contribution in [0.1, 0.15) is 13.0 Å². The van der Waals surface area contributed by atoms with Crippen LogP contribution in [0.2, 0.25) is 5.02 Å². The Kier molecular flexibility index (Phi) is 5.35. The summed E-state index contributed by atoms with van der Waals surface area (Å²) in [7, 11) is 0. The Labute approximate surface area is 154 Å². The molecule has 0 aliphatic carbocycles. The second-order valence-electron chi connectivity index (χ2n) is 5.31. The number of nitrogens with zero attached hydrogens (tertiary/aromatic N) is 4. The van der Waals surface area contributed by atoms with E-state index in [-0.39, 0.29) is 5.91 Å². The maximum absolute atomic E-state index is 12.5. The van der Waals surface area contributed by atoms with Crippen LogP contribution in [0.15, 0.2) is 53.4 Å². The summed E-state index contributed by atoms with van der Waals surface area (Å²) in [5.74, 6) is 0.238. The SMILES string of the molecule is CSc1ccccc1NC(=O)C(C)n1nnc(-c2ccc(Cl)cc2)n1. The molecule has 1 aromatic heterocycles. The Balaban J connectivity index is 1.75. The van der Waals surface area contributed by atoms with Gasteiger partial charge in [0.1, 0.15) is 6.04 Å². The van der Waals surface area contributed by atoms with Gasteiger partial charge in [-0.2, -0.15) is 4.80 Å². The number of para-hydroxylation sites is 1. The molecule has 25 heavy (non-hydrogen) atoms. The largest absolute Gasteiger partial charge is 0.323 e. The van der Waals surface area contributed by atoms with Gasteiger partial charge in [-0.05, 0) is 54.8 Å². The molecule has 1 unspecified atom stereocenters. The molecule has 3 rings (SSSR count). The number of benzene rings is 2. The average Bonchev–Trinajstić information content (AvgIpc) is 3.12. The summed E-state index contributed by atoms with van der Waals surface area (Å²) < 4.78 is 0. The molecule has 8 heteroatoms. The number of anilines is 1. The number of nitrogens with one attached hydrogen (secondary N) is 1. The van der Waals surface area contributed by atoms with Gasteiger partial charge in [0.25, 0.3) is 5.91 Å². The molecule has 1 N–H and O–H groups in total. The van der Waals surface area contributed by atoms with Crippen LogP contribution in [0.4, 0.5) is 5.69 Å². The van der Waals surface area contributed by atoms with Gasteiger partial charge < -0.3 is 5.32 Å². The number of hydrogen-bond acceptors (Lipinski definition) is 5. The van der Waals surface area contributed by atoms with Gasteiger partial charge >= 0.3 is 0 Å². The van der Waals surface area contributed by atoms with E-state index in [1.54, 1.807) is 30.8 Å². The van der Waals surface area contributed by atoms with E-state index in [9.17, 15) is 4.79 Å². The molecule has 0 aliphatic rings. The van der Waals surface area contributed by atoms with Gasteiger partial charge in [-0.25, -0.2) is 0 Å². The number of halogens is 1. The monoisotopic (exact) mass is 373 g/mol. The minimum atomic E-state index is -0.594. The molecule has 1 amide bonds. The van der Waals surface area contributed by atoms with Gasteiger partial charge in [-0.1, -0.05) is 23.7 Å². The third kappa shape index (κ3) is 4.00. The highest BCUT2D eigenvalue weighted by molar-refractivity contribution is 7.98. The van der Waals surface area contributed by atoms with Crippen molar-refractivity contribution in [3.05, 3.63) is 53.6 Å². The average molecular weight is 374 g/mol. The number of thioether (sulfide) groups is 1. The molecule has 2 aromatic carbocycles. The third-order valence-electron chi connectivity index (χ3n) is 3.62. The lowest BCUT2D eigenvalue weighted by atomic mass is 10.2. The normalized spacial score (nSPS) is 12.0. The van der Waals surface area contributed by atoms with E-state index in [1.165, 1.54) is 4.80 Å². The van der Waals surface area contributed by atoms with Crippen LogP contribution in [-0.4, -0.2) is 32.4 Å². The summed E-state index contributed by atoms with van der Waals surface area (Å²) in [6.45, 7) is 1.73. The number of carbonyl (C=O) groups excluding carboxylic acids is 1. The molecule has 0 fully saturated rings. The predicted molar refractivity (Wildman–Crippen MR) is 99.8 cm³/mol. The molecule has 128 valence electrons. The molecule has 0 aliphatic heterocycles. The van der Waals surface area contributed by atoms with E-state index >= 15 is 0 Å². The summed E-state index contributed by atoms with van der Waals surface area (Å²) in [6.07, 6.45) is 1.96. The molecular formula is C17H16ClN5OS. The van der Waals surface area contributed by atoms with E-state index in [4.69, 9.17) is 11.6 Å². The predicted octanol–water partition coefficient (Wildman–Crippen LogP) is 3.92. The van der Waals surface area contributed by atoms with Gasteiger partial charge in [0.2, 0.25) is 5.82 Å². The Hall–Kier alpha value is -2.38. The van der Waals surface area contributed by atoms with E-state index < -0.39 is 6.04 Å². The van der Waals surface area contributed by atoms with Gasteiger partial charge in [-0.15, -0.1) is 22.0 Å². The van der Waals surface area contributed by atoms with E-state index in [0.717, 1.165) is 16.1 Å². The fourth-order valence-corrected chi connectivity index (χ4v) is 2.87. The number of amides is 1. The molecule has 0 saturated carbocycles. The number of aromatic nitrogens is 4. The summed E-state index contributed by atoms with van der Waals surface area (Å²) in [4.78, 5) is 14.8. The van der Waals surface area contributed by atoms with Crippen LogP contribution in [0, 0.1) is 0 Å². The van der Waals surface area contributed by atoms with Crippen molar-refractivity contribution in [2.75, 3.05) is 11.6 Å². The van der Waals surface area contributed by atoms with Crippen LogP contribution >= 0.6 is 23.4 Å². The summed E-state index contributed by atoms with van der Waals surface area (Å²) >= 11 is 7.45. The lowest BCUT2D eigenvalue weighted by Crippen LogP contribution is -2.25. The molecule has 1 heterocycles. The smallest absolute Gasteiger partial charge is 0.250 e. The minimum Gasteiger partial charge on any atom is -0.323 e. The van der Waals surface area contributed by atoms with Crippen molar-refractivity contribution in [3.8, 4) is 11.4 Å². The molecule has 0 bridgehead atoms. The van der Waals surface area contributed by atoms with Gasteiger partial charge in [0.15, 0.2) is 0 Å². The summed E-state index contributed by atoms with van der Waals surface area (Å²) in [5.41, 5.74) is 1.56. The first-order chi connectivity index (χ1) is 12.1. The Bertz CT molecular complexity index is 881. The van der Waals surface area contributed by atoms with Gasteiger partial charge in [-0.3, -0.25) is 4.79 Å². The van der Waals surface area contributed by atoms with E-state index in [0.29, 0.717) is 10.8 Å². The lowest BCUT2D eigenvalue weighted by Gasteiger charge is -2.13. The highest BCUT2D eigenvalue weighted by Crippen LogP contribution is 2.25. The lowest BCUT2D eigenvalue weighted by molar-refractivity contribution is -0.119. The first-order valence-corrected chi connectivity index (χ1v) is 9.18. The Morgan fingerprint density at radius 2 is 1.92 bits per heavy atom. The first-order valence-electron chi connectivity index (χ1n) is 7.58. The quantitative estimate of drug-likeness (QED) is 0.686. The van der Waals surface area contributed by atoms with Crippen LogP contribution in [0.25, 0.3) is 11.4 Å². The first kappa shape index (κ1) is 17.4. The zero-order chi connectivity index (χ0) is 17.8. The van der Waals surface area contributed by atoms with Crippen molar-refractivity contribution in [1.29, 1.82) is 0 Å². The Morgan fingerprint density at radius 3 is 2.64 bits per heavy atom. The molecule has 3 aromatic rings. The standard InChI is InChI=1S/C17H16ClN5OS/c1-11(17(24)19-14-5-3-4-6-15(14)25-2)23-21-16(20-22-23)12-7-9-13(18)10-8-12/h3-11H,1-2H3,(H,19,24). The second kappa shape index (κ2) is 7.67. The van der Waals surface area contributed by atoms with Gasteiger partial charge in [0.05, 0.1) is 5.69 Å². The third-order valence-corrected chi connectivity index (χ3v) is 4.67. The fraction of sp³-hybridized carbons (Fsp3) is 0.176. The second-order valence-corrected chi connectivity index (χ2v) is 6.59. The highest BCUT2D eigenvalue weighted by Gasteiger charge is 2.19. The Morgan fingerprint density at radius 1 is 1.20 bits per heavy atom. The molecule has 6 nitrogen and oxygen atoms in total. The van der Waals surface area contributed by atoms with Crippen molar-refractivity contribution in [2.45, 2.75) is 17.9 Å². The van der Waals surface area contributed by atoms with E-state index in [2.05, 4.69) is 20.7 Å². The summed E-state index contributed by atoms with van der Waals surface area (Å²) in [5, 5.41) is 15.9. The molecule has 0 saturated heterocycles. The van der Waals surface area contributed by atoms with Crippen molar-refractivity contribution in [3.63, 3.8) is 0 Å². The van der Waals surface area contributed by atoms with Crippen molar-refractivity contribution >= 4 is 35.0 Å². The van der Waals surface area contributed by atoms with Crippen molar-refractivity contribution in [1.82, 2.24) is 20.2 Å². The van der Waals surface area contributed by atoms with Gasteiger partial charge in [0, 0.05) is 15.5 Å². The zero-order valence-corrected chi connectivity index (χ0v) is 15.3. The maximum atomic E-state index is 12.5. The highest BCUT2D eigenvalue weighted by atomic mass is 35.5.